The Morgan fingerprint density at radius 2 is 2.15 bits per heavy atom. The van der Waals surface area contributed by atoms with E-state index in [1.165, 1.54) is 24.8 Å². The number of aromatic carboxylic acids is 1. The van der Waals surface area contributed by atoms with Gasteiger partial charge in [-0.15, -0.1) is 0 Å². The van der Waals surface area contributed by atoms with Crippen LogP contribution in [0, 0.1) is 5.41 Å². The summed E-state index contributed by atoms with van der Waals surface area (Å²) in [6, 6.07) is 3.03. The molecule has 0 radical (unpaired) electrons. The molecule has 0 saturated heterocycles. The van der Waals surface area contributed by atoms with Gasteiger partial charge >= 0.3 is 5.97 Å². The molecule has 2 N–H and O–H groups in total. The number of carboxylic acids is 1. The van der Waals surface area contributed by atoms with E-state index in [1.807, 2.05) is 0 Å². The van der Waals surface area contributed by atoms with E-state index in [9.17, 15) is 9.59 Å². The fourth-order valence-electron chi connectivity index (χ4n) is 2.74. The Hall–Kier alpha value is -1.91. The van der Waals surface area contributed by atoms with Gasteiger partial charge in [0.15, 0.2) is 0 Å². The van der Waals surface area contributed by atoms with Crippen molar-refractivity contribution in [1.82, 2.24) is 10.3 Å². The number of amides is 1. The van der Waals surface area contributed by atoms with Crippen LogP contribution in [0.25, 0.3) is 0 Å². The monoisotopic (exact) mass is 276 g/mol. The lowest BCUT2D eigenvalue weighted by molar-refractivity contribution is 0.0689. The van der Waals surface area contributed by atoms with Crippen molar-refractivity contribution in [3.05, 3.63) is 29.6 Å². The molecule has 0 spiro atoms. The first kappa shape index (κ1) is 14.5. The van der Waals surface area contributed by atoms with Crippen molar-refractivity contribution in [3.8, 4) is 0 Å². The molecule has 20 heavy (non-hydrogen) atoms. The lowest BCUT2D eigenvalue weighted by Gasteiger charge is -2.35. The Labute approximate surface area is 118 Å². The number of carbonyl (C=O) groups is 2. The number of rotatable bonds is 3. The molecule has 2 rings (SSSR count). The highest BCUT2D eigenvalue weighted by molar-refractivity contribution is 5.95. The van der Waals surface area contributed by atoms with E-state index in [2.05, 4.69) is 24.1 Å². The third-order valence-electron chi connectivity index (χ3n) is 3.79. The van der Waals surface area contributed by atoms with E-state index in [4.69, 9.17) is 5.11 Å². The van der Waals surface area contributed by atoms with Gasteiger partial charge in [0.2, 0.25) is 0 Å². The predicted octanol–water partition coefficient (Wildman–Crippen LogP) is 2.48. The molecule has 0 bridgehead atoms. The molecule has 1 saturated carbocycles. The maximum atomic E-state index is 12.1. The van der Waals surface area contributed by atoms with Gasteiger partial charge in [0, 0.05) is 12.2 Å². The van der Waals surface area contributed by atoms with Gasteiger partial charge in [-0.25, -0.2) is 9.78 Å². The van der Waals surface area contributed by atoms with E-state index < -0.39 is 5.97 Å². The molecule has 1 aliphatic carbocycles. The second-order valence-electron chi connectivity index (χ2n) is 6.17. The van der Waals surface area contributed by atoms with Crippen LogP contribution in [0.15, 0.2) is 18.3 Å². The van der Waals surface area contributed by atoms with E-state index in [-0.39, 0.29) is 23.1 Å². The minimum atomic E-state index is -1.09. The highest BCUT2D eigenvalue weighted by Gasteiger charge is 2.28. The van der Waals surface area contributed by atoms with E-state index >= 15 is 0 Å². The Morgan fingerprint density at radius 3 is 2.70 bits per heavy atom. The molecule has 1 aromatic rings. The number of nitrogens with one attached hydrogen (secondary N) is 1. The van der Waals surface area contributed by atoms with Crippen molar-refractivity contribution in [2.24, 2.45) is 5.41 Å². The van der Waals surface area contributed by atoms with Crippen LogP contribution >= 0.6 is 0 Å². The van der Waals surface area contributed by atoms with Crippen LogP contribution in [-0.4, -0.2) is 28.0 Å². The molecular weight excluding hydrogens is 256 g/mol. The van der Waals surface area contributed by atoms with Crippen LogP contribution in [0.2, 0.25) is 0 Å². The summed E-state index contributed by atoms with van der Waals surface area (Å²) in [6.07, 6.45) is 5.59. The van der Waals surface area contributed by atoms with Gasteiger partial charge in [0.05, 0.1) is 5.56 Å². The zero-order valence-electron chi connectivity index (χ0n) is 11.8. The molecule has 1 aliphatic rings. The van der Waals surface area contributed by atoms with Gasteiger partial charge in [-0.2, -0.15) is 0 Å². The van der Waals surface area contributed by atoms with Crippen molar-refractivity contribution in [2.75, 3.05) is 0 Å². The molecule has 5 heteroatoms. The fourth-order valence-corrected chi connectivity index (χ4v) is 2.74. The second-order valence-corrected chi connectivity index (χ2v) is 6.17. The molecule has 1 aromatic heterocycles. The fraction of sp³-hybridized carbons (Fsp3) is 0.533. The number of carboxylic acid groups (broad SMARTS) is 1. The van der Waals surface area contributed by atoms with Crippen LogP contribution in [0.4, 0.5) is 0 Å². The topological polar surface area (TPSA) is 79.3 Å². The number of nitrogens with zero attached hydrogens (tertiary/aromatic N) is 1. The maximum Gasteiger partial charge on any atom is 0.354 e. The van der Waals surface area contributed by atoms with Crippen molar-refractivity contribution in [3.63, 3.8) is 0 Å². The highest BCUT2D eigenvalue weighted by atomic mass is 16.4. The maximum absolute atomic E-state index is 12.1. The predicted molar refractivity (Wildman–Crippen MR) is 74.7 cm³/mol. The Balaban J connectivity index is 1.99. The Kier molecular flexibility index (Phi) is 4.06. The lowest BCUT2D eigenvalue weighted by Crippen LogP contribution is -2.40. The molecule has 0 aromatic carbocycles. The van der Waals surface area contributed by atoms with Crippen LogP contribution in [0.1, 0.15) is 60.4 Å². The first-order valence-electron chi connectivity index (χ1n) is 6.88. The van der Waals surface area contributed by atoms with Crippen LogP contribution in [0.5, 0.6) is 0 Å². The van der Waals surface area contributed by atoms with Crippen molar-refractivity contribution >= 4 is 11.9 Å². The molecule has 5 nitrogen and oxygen atoms in total. The summed E-state index contributed by atoms with van der Waals surface area (Å²) in [5.74, 6) is -1.27. The molecule has 1 heterocycles. The SMILES string of the molecule is CC1(C)CCCC(NC(=O)c2ccc(C(=O)O)nc2)C1. The quantitative estimate of drug-likeness (QED) is 0.889. The molecule has 1 amide bonds. The van der Waals surface area contributed by atoms with Crippen LogP contribution in [-0.2, 0) is 0 Å². The molecule has 1 unspecified atom stereocenters. The molecule has 1 atom stereocenters. The van der Waals surface area contributed by atoms with Gasteiger partial charge in [0.25, 0.3) is 5.91 Å². The minimum Gasteiger partial charge on any atom is -0.477 e. The van der Waals surface area contributed by atoms with Crippen molar-refractivity contribution in [1.29, 1.82) is 0 Å². The summed E-state index contributed by atoms with van der Waals surface area (Å²) < 4.78 is 0. The summed E-state index contributed by atoms with van der Waals surface area (Å²) in [5.41, 5.74) is 0.612. The standard InChI is InChI=1S/C15H20N2O3/c1-15(2)7-3-4-11(8-15)17-13(18)10-5-6-12(14(19)20)16-9-10/h5-6,9,11H,3-4,7-8H2,1-2H3,(H,17,18)(H,19,20). The smallest absolute Gasteiger partial charge is 0.354 e. The molecule has 0 aliphatic heterocycles. The number of aromatic nitrogens is 1. The van der Waals surface area contributed by atoms with Gasteiger partial charge in [0.1, 0.15) is 5.69 Å². The van der Waals surface area contributed by atoms with Gasteiger partial charge < -0.3 is 10.4 Å². The van der Waals surface area contributed by atoms with E-state index in [0.29, 0.717) is 5.56 Å². The third kappa shape index (κ3) is 3.56. The lowest BCUT2D eigenvalue weighted by atomic mass is 9.75. The second kappa shape index (κ2) is 5.61. The van der Waals surface area contributed by atoms with Crippen molar-refractivity contribution < 1.29 is 14.7 Å². The largest absolute Gasteiger partial charge is 0.477 e. The molecule has 108 valence electrons. The number of hydrogen-bond acceptors (Lipinski definition) is 3. The average Bonchev–Trinajstić information content (AvgIpc) is 2.37. The zero-order chi connectivity index (χ0) is 14.8. The number of hydrogen-bond donors (Lipinski definition) is 2. The number of pyridine rings is 1. The summed E-state index contributed by atoms with van der Waals surface area (Å²) in [5, 5.41) is 11.8. The Bertz CT molecular complexity index is 508. The normalized spacial score (nSPS) is 21.2. The first-order chi connectivity index (χ1) is 9.37. The minimum absolute atomic E-state index is 0.0552. The molecule has 1 fully saturated rings. The average molecular weight is 276 g/mol. The number of carbonyl (C=O) groups excluding carboxylic acids is 1. The summed E-state index contributed by atoms with van der Waals surface area (Å²) in [4.78, 5) is 26.6. The van der Waals surface area contributed by atoms with Gasteiger partial charge in [-0.3, -0.25) is 4.79 Å². The summed E-state index contributed by atoms with van der Waals surface area (Å²) in [6.45, 7) is 4.43. The van der Waals surface area contributed by atoms with Gasteiger partial charge in [-0.05, 0) is 36.8 Å². The summed E-state index contributed by atoms with van der Waals surface area (Å²) in [7, 11) is 0. The molecular formula is C15H20N2O3. The van der Waals surface area contributed by atoms with Crippen LogP contribution in [0.3, 0.4) is 0 Å². The van der Waals surface area contributed by atoms with Crippen LogP contribution < -0.4 is 5.32 Å². The van der Waals surface area contributed by atoms with Gasteiger partial charge in [-0.1, -0.05) is 20.3 Å². The van der Waals surface area contributed by atoms with E-state index in [0.717, 1.165) is 19.3 Å². The first-order valence-corrected chi connectivity index (χ1v) is 6.88. The third-order valence-corrected chi connectivity index (χ3v) is 3.79. The highest BCUT2D eigenvalue weighted by Crippen LogP contribution is 2.35. The Morgan fingerprint density at radius 1 is 1.40 bits per heavy atom. The summed E-state index contributed by atoms with van der Waals surface area (Å²) >= 11 is 0. The van der Waals surface area contributed by atoms with Crippen molar-refractivity contribution in [2.45, 2.75) is 45.6 Å². The van der Waals surface area contributed by atoms with E-state index in [1.54, 1.807) is 0 Å². The zero-order valence-corrected chi connectivity index (χ0v) is 11.8.